The van der Waals surface area contributed by atoms with Crippen molar-refractivity contribution in [3.63, 3.8) is 0 Å². The van der Waals surface area contributed by atoms with Gasteiger partial charge < -0.3 is 19.5 Å². The van der Waals surface area contributed by atoms with E-state index in [0.717, 1.165) is 21.5 Å². The highest BCUT2D eigenvalue weighted by atomic mass is 16.6. The van der Waals surface area contributed by atoms with Crippen LogP contribution in [0.1, 0.15) is 90.0 Å². The largest absolute Gasteiger partial charge is 0.457 e. The molecule has 0 radical (unpaired) electrons. The molecular weight excluding hydrogens is 574 g/mol. The number of rotatable bonds is 9. The molecule has 0 aliphatic rings. The Balaban J connectivity index is 1.70. The van der Waals surface area contributed by atoms with Gasteiger partial charge in [0, 0.05) is 11.1 Å². The van der Waals surface area contributed by atoms with Gasteiger partial charge in [0.1, 0.15) is 11.6 Å². The highest BCUT2D eigenvalue weighted by Crippen LogP contribution is 2.28. The van der Waals surface area contributed by atoms with Crippen LogP contribution in [0.25, 0.3) is 21.5 Å². The fourth-order valence-corrected chi connectivity index (χ4v) is 4.40. The summed E-state index contributed by atoms with van der Waals surface area (Å²) in [5.74, 6) is -2.19. The van der Waals surface area contributed by atoms with E-state index in [4.69, 9.17) is 14.2 Å². The molecule has 242 valence electrons. The van der Waals surface area contributed by atoms with Crippen LogP contribution in [0.2, 0.25) is 0 Å². The first-order chi connectivity index (χ1) is 20.7. The molecule has 0 spiro atoms. The summed E-state index contributed by atoms with van der Waals surface area (Å²) in [6.07, 6.45) is -0.752. The molecule has 0 unspecified atom stereocenters. The minimum Gasteiger partial charge on any atom is -0.457 e. The van der Waals surface area contributed by atoms with Crippen molar-refractivity contribution in [1.82, 2.24) is 5.32 Å². The van der Waals surface area contributed by atoms with Crippen molar-refractivity contribution >= 4 is 51.1 Å². The summed E-state index contributed by atoms with van der Waals surface area (Å²) in [5.41, 5.74) is -0.911. The standard InChI is InChI=1S/C36H45NO8/c1-21(34(2,3)4)31(40)43-19-28(38)24-13-11-22-16-27-18-25(14-12-23(27)15-26(22)17-24)29(39)20-44-32(41)30(35(5,6)7)37-33(42)45-36(8,9)10/h11-18,21,30H,19-20H2,1-10H3,(H,37,42)/t21-,30-/m1/s1. The van der Waals surface area contributed by atoms with Crippen molar-refractivity contribution in [3.8, 4) is 0 Å². The number of ketones is 2. The lowest BCUT2D eigenvalue weighted by molar-refractivity contribution is -0.150. The Bertz CT molecular complexity index is 1620. The van der Waals surface area contributed by atoms with E-state index in [-0.39, 0.29) is 23.7 Å². The molecule has 9 nitrogen and oxygen atoms in total. The molecule has 1 amide bonds. The Hall–Kier alpha value is -4.27. The quantitative estimate of drug-likeness (QED) is 0.117. The Morgan fingerprint density at radius 1 is 0.622 bits per heavy atom. The monoisotopic (exact) mass is 619 g/mol. The molecule has 0 aromatic heterocycles. The number of amides is 1. The van der Waals surface area contributed by atoms with Gasteiger partial charge in [-0.15, -0.1) is 0 Å². The number of carbonyl (C=O) groups is 5. The maximum absolute atomic E-state index is 13.0. The van der Waals surface area contributed by atoms with E-state index in [2.05, 4.69) is 5.32 Å². The molecule has 0 aliphatic heterocycles. The lowest BCUT2D eigenvalue weighted by Gasteiger charge is -2.30. The Morgan fingerprint density at radius 3 is 1.47 bits per heavy atom. The number of benzene rings is 3. The van der Waals surface area contributed by atoms with Gasteiger partial charge in [0.15, 0.2) is 24.8 Å². The lowest BCUT2D eigenvalue weighted by atomic mass is 9.82. The number of ether oxygens (including phenoxy) is 3. The van der Waals surface area contributed by atoms with Crippen LogP contribution in [-0.4, -0.2) is 54.5 Å². The predicted molar refractivity (Wildman–Crippen MR) is 173 cm³/mol. The van der Waals surface area contributed by atoms with E-state index in [1.165, 1.54) is 0 Å². The average molecular weight is 620 g/mol. The summed E-state index contributed by atoms with van der Waals surface area (Å²) in [6.45, 7) is 17.3. The first-order valence-electron chi connectivity index (χ1n) is 15.0. The molecule has 9 heteroatoms. The minimum atomic E-state index is -1.03. The number of alkyl carbamates (subject to hydrolysis) is 1. The average Bonchev–Trinajstić information content (AvgIpc) is 2.92. The molecule has 3 aromatic rings. The number of hydrogen-bond acceptors (Lipinski definition) is 8. The fourth-order valence-electron chi connectivity index (χ4n) is 4.40. The zero-order valence-corrected chi connectivity index (χ0v) is 28.0. The number of fused-ring (bicyclic) bond motifs is 2. The van der Waals surface area contributed by atoms with Gasteiger partial charge in [0.25, 0.3) is 0 Å². The van der Waals surface area contributed by atoms with Gasteiger partial charge in [-0.05, 0) is 77.4 Å². The molecule has 0 bridgehead atoms. The second-order valence-corrected chi connectivity index (χ2v) is 14.6. The Labute approximate surface area is 265 Å². The molecule has 0 saturated heterocycles. The van der Waals surface area contributed by atoms with Crippen LogP contribution >= 0.6 is 0 Å². The van der Waals surface area contributed by atoms with E-state index < -0.39 is 47.5 Å². The molecule has 3 aromatic carbocycles. The molecule has 45 heavy (non-hydrogen) atoms. The minimum absolute atomic E-state index is 0.269. The van der Waals surface area contributed by atoms with Gasteiger partial charge >= 0.3 is 18.0 Å². The van der Waals surface area contributed by atoms with Crippen LogP contribution in [-0.2, 0) is 23.8 Å². The fraction of sp³-hybridized carbons (Fsp3) is 0.472. The van der Waals surface area contributed by atoms with Crippen LogP contribution < -0.4 is 5.32 Å². The highest BCUT2D eigenvalue weighted by molar-refractivity contribution is 6.06. The van der Waals surface area contributed by atoms with Crippen molar-refractivity contribution in [2.24, 2.45) is 16.7 Å². The van der Waals surface area contributed by atoms with Crippen LogP contribution in [0, 0.1) is 16.7 Å². The maximum Gasteiger partial charge on any atom is 0.408 e. The Kier molecular flexibility index (Phi) is 10.5. The normalized spacial score (nSPS) is 13.6. The molecule has 2 atom stereocenters. The van der Waals surface area contributed by atoms with Crippen molar-refractivity contribution in [2.75, 3.05) is 13.2 Å². The van der Waals surface area contributed by atoms with Gasteiger partial charge in [-0.25, -0.2) is 9.59 Å². The smallest absolute Gasteiger partial charge is 0.408 e. The van der Waals surface area contributed by atoms with Crippen LogP contribution in [0.3, 0.4) is 0 Å². The highest BCUT2D eigenvalue weighted by Gasteiger charge is 2.36. The van der Waals surface area contributed by atoms with Crippen LogP contribution in [0.15, 0.2) is 48.5 Å². The molecular formula is C36H45NO8. The van der Waals surface area contributed by atoms with Gasteiger partial charge in [-0.1, -0.05) is 72.7 Å². The first-order valence-corrected chi connectivity index (χ1v) is 15.0. The van der Waals surface area contributed by atoms with Gasteiger partial charge in [0.2, 0.25) is 0 Å². The molecule has 1 N–H and O–H groups in total. The Morgan fingerprint density at radius 2 is 1.07 bits per heavy atom. The number of esters is 2. The third-order valence-electron chi connectivity index (χ3n) is 7.55. The lowest BCUT2D eigenvalue weighted by Crippen LogP contribution is -2.51. The van der Waals surface area contributed by atoms with Crippen LogP contribution in [0.4, 0.5) is 4.79 Å². The summed E-state index contributed by atoms with van der Waals surface area (Å²) < 4.78 is 15.9. The second kappa shape index (κ2) is 13.4. The molecule has 0 aliphatic carbocycles. The zero-order valence-electron chi connectivity index (χ0n) is 28.0. The predicted octanol–water partition coefficient (Wildman–Crippen LogP) is 7.07. The van der Waals surface area contributed by atoms with Crippen molar-refractivity contribution in [1.29, 1.82) is 0 Å². The third kappa shape index (κ3) is 9.61. The van der Waals surface area contributed by atoms with E-state index in [1.807, 2.05) is 39.0 Å². The summed E-state index contributed by atoms with van der Waals surface area (Å²) in [6, 6.07) is 13.2. The van der Waals surface area contributed by atoms with E-state index in [9.17, 15) is 24.0 Å². The SMILES string of the molecule is C[C@H](C(=O)OCC(=O)c1ccc2cc3cc(C(=O)COC(=O)[C@@H](NC(=O)OC(C)(C)C)C(C)(C)C)ccc3cc2c1)C(C)(C)C. The zero-order chi connectivity index (χ0) is 33.9. The van der Waals surface area contributed by atoms with Gasteiger partial charge in [0.05, 0.1) is 5.92 Å². The van der Waals surface area contributed by atoms with Crippen molar-refractivity contribution < 1.29 is 38.2 Å². The number of Topliss-reactive ketones (excluding diaryl/α,β-unsaturated/α-hetero) is 2. The summed E-state index contributed by atoms with van der Waals surface area (Å²) in [7, 11) is 0. The van der Waals surface area contributed by atoms with Gasteiger partial charge in [-0.3, -0.25) is 14.4 Å². The second-order valence-electron chi connectivity index (χ2n) is 14.6. The van der Waals surface area contributed by atoms with Crippen molar-refractivity contribution in [3.05, 3.63) is 59.7 Å². The number of hydrogen-bond donors (Lipinski definition) is 1. The summed E-state index contributed by atoms with van der Waals surface area (Å²) >= 11 is 0. The van der Waals surface area contributed by atoms with Gasteiger partial charge in [-0.2, -0.15) is 0 Å². The number of carbonyl (C=O) groups excluding carboxylic acids is 5. The molecule has 0 fully saturated rings. The van der Waals surface area contributed by atoms with Crippen molar-refractivity contribution in [2.45, 2.75) is 80.9 Å². The summed E-state index contributed by atoms with van der Waals surface area (Å²) in [5, 5.41) is 5.88. The molecule has 3 rings (SSSR count). The summed E-state index contributed by atoms with van der Waals surface area (Å²) in [4.78, 5) is 63.4. The van der Waals surface area contributed by atoms with E-state index >= 15 is 0 Å². The third-order valence-corrected chi connectivity index (χ3v) is 7.55. The first kappa shape index (κ1) is 35.2. The topological polar surface area (TPSA) is 125 Å². The maximum atomic E-state index is 13.0. The molecule has 0 heterocycles. The van der Waals surface area contributed by atoms with Crippen LogP contribution in [0.5, 0.6) is 0 Å². The van der Waals surface area contributed by atoms with E-state index in [0.29, 0.717) is 11.1 Å². The molecule has 0 saturated carbocycles. The number of nitrogens with one attached hydrogen (secondary N) is 1. The van der Waals surface area contributed by atoms with E-state index in [1.54, 1.807) is 78.8 Å².